The average molecular weight is 910 g/mol. The Bertz CT molecular complexity index is 2760. The number of rotatable bonds is 6. The third-order valence-corrected chi connectivity index (χ3v) is 12.9. The molecule has 1 aliphatic carbocycles. The zero-order chi connectivity index (χ0) is 36.6. The molecule has 1 fully saturated rings. The molecule has 1 saturated carbocycles. The second-order valence-electron chi connectivity index (χ2n) is 15.6. The molecule has 1 radical (unpaired) electrons. The van der Waals surface area contributed by atoms with Gasteiger partial charge in [0.05, 0.1) is 30.5 Å². The smallest absolute Gasteiger partial charge is 0.120 e. The summed E-state index contributed by atoms with van der Waals surface area (Å²) in [6.45, 7) is 7.28. The number of hydrogen-bond acceptors (Lipinski definition) is 3. The van der Waals surface area contributed by atoms with Gasteiger partial charge in [-0.2, -0.15) is 0 Å². The third-order valence-electron chi connectivity index (χ3n) is 10.9. The van der Waals surface area contributed by atoms with Crippen LogP contribution in [-0.4, -0.2) is 22.6 Å². The molecule has 0 spiro atoms. The quantitative estimate of drug-likeness (QED) is 0.123. The van der Waals surface area contributed by atoms with Crippen molar-refractivity contribution in [2.45, 2.75) is 51.7 Å². The zero-order valence-corrected chi connectivity index (χ0v) is 34.9. The van der Waals surface area contributed by atoms with Crippen LogP contribution in [0.15, 0.2) is 144 Å². The first-order chi connectivity index (χ1) is 26.4. The largest absolute Gasteiger partial charge is 0.501 e. The van der Waals surface area contributed by atoms with Gasteiger partial charge in [0.15, 0.2) is 0 Å². The molecule has 0 aliphatic heterocycles. The van der Waals surface area contributed by atoms with Gasteiger partial charge < -0.3 is 14.0 Å². The van der Waals surface area contributed by atoms with E-state index in [4.69, 9.17) is 14.4 Å². The van der Waals surface area contributed by atoms with Gasteiger partial charge in [0.1, 0.15) is 5.58 Å². The van der Waals surface area contributed by atoms with Crippen LogP contribution in [-0.2, 0) is 26.5 Å². The fourth-order valence-electron chi connectivity index (χ4n) is 8.19. The number of furan rings is 1. The SMILES string of the molecule is C[Si](C)(C)c1cnc(-c2[c-]cccc2)cc1CC1CCCC1.[Ir].[c-]1ccc2c(oc3ccccc32)c1-c1nc2ccccc2n1-c1ccc2ccccc2c1. The maximum absolute atomic E-state index is 6.31. The van der Waals surface area contributed by atoms with Crippen LogP contribution in [0.25, 0.3) is 72.1 Å². The summed E-state index contributed by atoms with van der Waals surface area (Å²) in [7, 11) is -1.35. The molecule has 0 bridgehead atoms. The number of pyridine rings is 1. The molecule has 10 rings (SSSR count). The summed E-state index contributed by atoms with van der Waals surface area (Å²) in [6.07, 6.45) is 9.03. The second kappa shape index (κ2) is 15.5. The number of benzene rings is 6. The Hall–Kier alpha value is -5.13. The number of nitrogens with zero attached hydrogens (tertiary/aromatic N) is 3. The minimum Gasteiger partial charge on any atom is -0.501 e. The van der Waals surface area contributed by atoms with Crippen LogP contribution >= 0.6 is 0 Å². The zero-order valence-electron chi connectivity index (χ0n) is 31.5. The molecule has 275 valence electrons. The summed E-state index contributed by atoms with van der Waals surface area (Å²) in [6, 6.07) is 52.6. The monoisotopic (exact) mass is 910 g/mol. The van der Waals surface area contributed by atoms with E-state index in [1.54, 1.807) is 10.8 Å². The van der Waals surface area contributed by atoms with Gasteiger partial charge in [-0.3, -0.25) is 4.98 Å². The Morgan fingerprint density at radius 3 is 2.33 bits per heavy atom. The number of para-hydroxylation sites is 3. The molecule has 3 heterocycles. The Kier molecular flexibility index (Phi) is 10.4. The molecule has 0 N–H and O–H groups in total. The predicted molar refractivity (Wildman–Crippen MR) is 227 cm³/mol. The van der Waals surface area contributed by atoms with Crippen LogP contribution in [0.1, 0.15) is 31.2 Å². The maximum atomic E-state index is 6.31. The van der Waals surface area contributed by atoms with Gasteiger partial charge in [-0.25, -0.2) is 0 Å². The molecule has 0 unspecified atom stereocenters. The van der Waals surface area contributed by atoms with E-state index in [1.165, 1.54) is 42.9 Å². The van der Waals surface area contributed by atoms with E-state index in [1.807, 2.05) is 42.5 Å². The van der Waals surface area contributed by atoms with Crippen LogP contribution < -0.4 is 5.19 Å². The van der Waals surface area contributed by atoms with Crippen molar-refractivity contribution in [3.05, 3.63) is 157 Å². The van der Waals surface area contributed by atoms with Gasteiger partial charge in [-0.1, -0.05) is 129 Å². The Morgan fingerprint density at radius 1 is 0.745 bits per heavy atom. The van der Waals surface area contributed by atoms with Crippen molar-refractivity contribution < 1.29 is 24.5 Å². The molecule has 9 aromatic rings. The van der Waals surface area contributed by atoms with E-state index in [0.717, 1.165) is 67.2 Å². The van der Waals surface area contributed by atoms with Gasteiger partial charge in [0.2, 0.25) is 0 Å². The van der Waals surface area contributed by atoms with Crippen molar-refractivity contribution in [2.75, 3.05) is 0 Å². The van der Waals surface area contributed by atoms with Gasteiger partial charge >= 0.3 is 0 Å². The van der Waals surface area contributed by atoms with Crippen LogP contribution in [0.2, 0.25) is 19.6 Å². The van der Waals surface area contributed by atoms with Crippen molar-refractivity contribution in [2.24, 2.45) is 5.92 Å². The van der Waals surface area contributed by atoms with Crippen molar-refractivity contribution in [3.63, 3.8) is 0 Å². The van der Waals surface area contributed by atoms with E-state index in [0.29, 0.717) is 0 Å². The predicted octanol–water partition coefficient (Wildman–Crippen LogP) is 12.4. The summed E-state index contributed by atoms with van der Waals surface area (Å²) in [5.41, 5.74) is 9.34. The number of hydrogen-bond donors (Lipinski definition) is 0. The molecule has 55 heavy (non-hydrogen) atoms. The second-order valence-corrected chi connectivity index (χ2v) is 20.6. The molecule has 4 nitrogen and oxygen atoms in total. The van der Waals surface area contributed by atoms with E-state index in [-0.39, 0.29) is 20.1 Å². The number of fused-ring (bicyclic) bond motifs is 5. The normalized spacial score (nSPS) is 13.3. The fourth-order valence-corrected chi connectivity index (χ4v) is 9.78. The van der Waals surface area contributed by atoms with Crippen LogP contribution in [0.5, 0.6) is 0 Å². The van der Waals surface area contributed by atoms with Crippen molar-refractivity contribution in [3.8, 4) is 28.3 Å². The first kappa shape index (κ1) is 36.8. The summed E-state index contributed by atoms with van der Waals surface area (Å²) >= 11 is 0. The Balaban J connectivity index is 0.000000164. The number of aromatic nitrogens is 3. The molecule has 0 saturated heterocycles. The maximum Gasteiger partial charge on any atom is 0.120 e. The van der Waals surface area contributed by atoms with Gasteiger partial charge in [-0.15, -0.1) is 54.1 Å². The van der Waals surface area contributed by atoms with Gasteiger partial charge in [-0.05, 0) is 64.3 Å². The van der Waals surface area contributed by atoms with Crippen molar-refractivity contribution in [1.29, 1.82) is 0 Å². The molecule has 6 aromatic carbocycles. The summed E-state index contributed by atoms with van der Waals surface area (Å²) in [5.74, 6) is 1.70. The summed E-state index contributed by atoms with van der Waals surface area (Å²) in [4.78, 5) is 9.79. The van der Waals surface area contributed by atoms with Crippen LogP contribution in [0.4, 0.5) is 0 Å². The molecule has 1 aliphatic rings. The number of imidazole rings is 1. The van der Waals surface area contributed by atoms with E-state index in [9.17, 15) is 0 Å². The van der Waals surface area contributed by atoms with E-state index < -0.39 is 8.07 Å². The summed E-state index contributed by atoms with van der Waals surface area (Å²) in [5, 5.41) is 6.13. The molecule has 0 atom stereocenters. The minimum atomic E-state index is -1.35. The molecular formula is C49H43IrN3OSi-2. The van der Waals surface area contributed by atoms with Crippen molar-refractivity contribution >= 4 is 57.0 Å². The topological polar surface area (TPSA) is 43.9 Å². The van der Waals surface area contributed by atoms with Crippen LogP contribution in [0, 0.1) is 18.1 Å². The fraction of sp³-hybridized carbons (Fsp3) is 0.184. The minimum absolute atomic E-state index is 0. The van der Waals surface area contributed by atoms with Crippen LogP contribution in [0.3, 0.4) is 0 Å². The molecule has 3 aromatic heterocycles. The Morgan fingerprint density at radius 2 is 1.51 bits per heavy atom. The molecule has 0 amide bonds. The van der Waals surface area contributed by atoms with Gasteiger partial charge in [0.25, 0.3) is 0 Å². The average Bonchev–Trinajstić information content (AvgIpc) is 3.95. The summed E-state index contributed by atoms with van der Waals surface area (Å²) < 4.78 is 8.52. The van der Waals surface area contributed by atoms with Crippen molar-refractivity contribution in [1.82, 2.24) is 14.5 Å². The standard InChI is InChI=1S/C29H17N2O.C20H26NSi.Ir/c1-2-9-20-18-21(17-16-19(20)8-1)31-26-14-5-4-13-25(26)30-29(31)24-12-7-11-23-22-10-3-6-15-27(22)32-28(23)24;1-22(2,3)20-15-21-19(17-11-5-4-6-12-17)14-18(20)13-16-9-7-8-10-16;/h1-11,13-18H;4-6,11,14-16H,7-10,13H2,1-3H3;/q2*-1;. The van der Waals surface area contributed by atoms with E-state index >= 15 is 0 Å². The first-order valence-electron chi connectivity index (χ1n) is 19.2. The third kappa shape index (κ3) is 7.35. The molecular weight excluding hydrogens is 867 g/mol. The van der Waals surface area contributed by atoms with E-state index in [2.05, 4.69) is 134 Å². The molecule has 6 heteroatoms. The Labute approximate surface area is 337 Å². The first-order valence-corrected chi connectivity index (χ1v) is 22.7. The van der Waals surface area contributed by atoms with Gasteiger partial charge in [0, 0.05) is 37.4 Å².